The van der Waals surface area contributed by atoms with Crippen molar-refractivity contribution in [3.05, 3.63) is 70.5 Å². The number of halogens is 3. The molecule has 0 aromatic heterocycles. The molecule has 1 heterocycles. The van der Waals surface area contributed by atoms with Crippen molar-refractivity contribution in [2.75, 3.05) is 39.9 Å². The van der Waals surface area contributed by atoms with Crippen LogP contribution in [0.5, 0.6) is 0 Å². The van der Waals surface area contributed by atoms with E-state index in [2.05, 4.69) is 26.6 Å². The minimum Gasteiger partial charge on any atom is -0.379 e. The summed E-state index contributed by atoms with van der Waals surface area (Å²) in [5.41, 5.74) is 2.02. The Bertz CT molecular complexity index is 802. The molecule has 0 radical (unpaired) electrons. The minimum absolute atomic E-state index is 0. The van der Waals surface area contributed by atoms with Crippen LogP contribution >= 0.6 is 35.6 Å². The highest BCUT2D eigenvalue weighted by Gasteiger charge is 2.23. The summed E-state index contributed by atoms with van der Waals surface area (Å²) < 4.78 is 18.9. The van der Waals surface area contributed by atoms with Gasteiger partial charge in [0.15, 0.2) is 5.96 Å². The summed E-state index contributed by atoms with van der Waals surface area (Å²) in [4.78, 5) is 6.68. The Morgan fingerprint density at radius 2 is 1.93 bits per heavy atom. The zero-order valence-corrected chi connectivity index (χ0v) is 19.5. The lowest BCUT2D eigenvalue weighted by Crippen LogP contribution is -2.46. The van der Waals surface area contributed by atoms with E-state index in [4.69, 9.17) is 16.3 Å². The van der Waals surface area contributed by atoms with E-state index in [1.54, 1.807) is 13.1 Å². The lowest BCUT2D eigenvalue weighted by atomic mass is 10.0. The standard InChI is InChI=1S/C21H26ClFN4O.HI/c1-24-21(25-14-16-4-2-7-19(23)12-16)26-15-20(27-8-10-28-11-9-27)17-5-3-6-18(22)13-17;/h2-7,12-13,20H,8-11,14-15H2,1H3,(H2,24,25,26);1H. The maximum atomic E-state index is 13.4. The van der Waals surface area contributed by atoms with Crippen molar-refractivity contribution < 1.29 is 9.13 Å². The van der Waals surface area contributed by atoms with E-state index in [1.165, 1.54) is 12.1 Å². The molecule has 29 heavy (non-hydrogen) atoms. The first-order chi connectivity index (χ1) is 13.7. The Hall–Kier alpha value is -1.42. The van der Waals surface area contributed by atoms with Gasteiger partial charge in [0.05, 0.1) is 19.3 Å². The number of ether oxygens (including phenoxy) is 1. The van der Waals surface area contributed by atoms with Gasteiger partial charge in [0.2, 0.25) is 0 Å². The van der Waals surface area contributed by atoms with E-state index in [0.717, 1.165) is 42.5 Å². The number of benzene rings is 2. The van der Waals surface area contributed by atoms with Crippen LogP contribution in [-0.2, 0) is 11.3 Å². The summed E-state index contributed by atoms with van der Waals surface area (Å²) in [5, 5.41) is 7.35. The molecular formula is C21H27ClFIN4O. The highest BCUT2D eigenvalue weighted by atomic mass is 127. The fourth-order valence-corrected chi connectivity index (χ4v) is 3.51. The first-order valence-corrected chi connectivity index (χ1v) is 9.80. The minimum atomic E-state index is -0.240. The molecule has 1 saturated heterocycles. The molecule has 0 amide bonds. The third kappa shape index (κ3) is 7.40. The van der Waals surface area contributed by atoms with Crippen molar-refractivity contribution >= 4 is 41.5 Å². The topological polar surface area (TPSA) is 48.9 Å². The van der Waals surface area contributed by atoms with Gasteiger partial charge in [0, 0.05) is 38.2 Å². The smallest absolute Gasteiger partial charge is 0.191 e. The molecule has 0 bridgehead atoms. The Balaban J connectivity index is 0.00000300. The predicted octanol–water partition coefficient (Wildman–Crippen LogP) is 3.84. The number of morpholine rings is 1. The van der Waals surface area contributed by atoms with E-state index in [1.807, 2.05) is 24.3 Å². The normalized spacial score (nSPS) is 16.0. The van der Waals surface area contributed by atoms with Crippen LogP contribution in [0.15, 0.2) is 53.5 Å². The number of hydrogen-bond donors (Lipinski definition) is 2. The van der Waals surface area contributed by atoms with Crippen molar-refractivity contribution in [1.29, 1.82) is 0 Å². The van der Waals surface area contributed by atoms with Gasteiger partial charge in [-0.2, -0.15) is 0 Å². The van der Waals surface area contributed by atoms with Gasteiger partial charge >= 0.3 is 0 Å². The summed E-state index contributed by atoms with van der Waals surface area (Å²) in [7, 11) is 1.73. The zero-order valence-electron chi connectivity index (χ0n) is 16.4. The second-order valence-electron chi connectivity index (χ2n) is 6.66. The van der Waals surface area contributed by atoms with Gasteiger partial charge in [0.25, 0.3) is 0 Å². The zero-order chi connectivity index (χ0) is 19.8. The first-order valence-electron chi connectivity index (χ1n) is 9.42. The number of nitrogens with one attached hydrogen (secondary N) is 2. The van der Waals surface area contributed by atoms with Gasteiger partial charge in [-0.25, -0.2) is 4.39 Å². The van der Waals surface area contributed by atoms with E-state index in [9.17, 15) is 4.39 Å². The van der Waals surface area contributed by atoms with Crippen LogP contribution in [0.4, 0.5) is 4.39 Å². The van der Waals surface area contributed by atoms with Gasteiger partial charge in [-0.1, -0.05) is 35.9 Å². The van der Waals surface area contributed by atoms with Crippen LogP contribution < -0.4 is 10.6 Å². The van der Waals surface area contributed by atoms with Gasteiger partial charge in [0.1, 0.15) is 5.82 Å². The molecule has 0 saturated carbocycles. The second kappa shape index (κ2) is 12.3. The molecule has 2 N–H and O–H groups in total. The van der Waals surface area contributed by atoms with Crippen LogP contribution in [0.2, 0.25) is 5.02 Å². The van der Waals surface area contributed by atoms with Crippen molar-refractivity contribution in [1.82, 2.24) is 15.5 Å². The molecule has 5 nitrogen and oxygen atoms in total. The van der Waals surface area contributed by atoms with E-state index < -0.39 is 0 Å². The average molecular weight is 533 g/mol. The molecule has 2 aromatic rings. The average Bonchev–Trinajstić information content (AvgIpc) is 2.71. The molecule has 158 valence electrons. The van der Waals surface area contributed by atoms with Gasteiger partial charge in [-0.3, -0.25) is 9.89 Å². The summed E-state index contributed by atoms with van der Waals surface area (Å²) in [6, 6.07) is 14.6. The Morgan fingerprint density at radius 1 is 1.17 bits per heavy atom. The van der Waals surface area contributed by atoms with Crippen LogP contribution in [0.25, 0.3) is 0 Å². The van der Waals surface area contributed by atoms with E-state index in [-0.39, 0.29) is 35.8 Å². The maximum absolute atomic E-state index is 13.4. The number of rotatable bonds is 6. The fraction of sp³-hybridized carbons (Fsp3) is 0.381. The Morgan fingerprint density at radius 3 is 2.62 bits per heavy atom. The Labute approximate surface area is 193 Å². The van der Waals surface area contributed by atoms with Crippen LogP contribution in [0, 0.1) is 5.82 Å². The molecule has 2 aromatic carbocycles. The van der Waals surface area contributed by atoms with Crippen molar-refractivity contribution in [2.45, 2.75) is 12.6 Å². The number of aliphatic imine (C=N–C) groups is 1. The molecule has 0 aliphatic carbocycles. The van der Waals surface area contributed by atoms with Crippen LogP contribution in [-0.4, -0.2) is 50.8 Å². The number of guanidine groups is 1. The van der Waals surface area contributed by atoms with Crippen molar-refractivity contribution in [3.63, 3.8) is 0 Å². The van der Waals surface area contributed by atoms with E-state index >= 15 is 0 Å². The van der Waals surface area contributed by atoms with Crippen LogP contribution in [0.1, 0.15) is 17.2 Å². The molecule has 1 atom stereocenters. The molecule has 1 aliphatic heterocycles. The molecule has 3 rings (SSSR count). The first kappa shape index (κ1) is 23.9. The lowest BCUT2D eigenvalue weighted by Gasteiger charge is -2.35. The highest BCUT2D eigenvalue weighted by Crippen LogP contribution is 2.24. The Kier molecular flexibility index (Phi) is 10.1. The third-order valence-corrected chi connectivity index (χ3v) is 4.99. The SMILES string of the molecule is CN=C(NCc1cccc(F)c1)NCC(c1cccc(Cl)c1)N1CCOCC1.I. The third-order valence-electron chi connectivity index (χ3n) is 4.76. The quantitative estimate of drug-likeness (QED) is 0.337. The molecule has 1 fully saturated rings. The van der Waals surface area contributed by atoms with Gasteiger partial charge in [-0.15, -0.1) is 24.0 Å². The second-order valence-corrected chi connectivity index (χ2v) is 7.09. The molecular weight excluding hydrogens is 506 g/mol. The maximum Gasteiger partial charge on any atom is 0.191 e. The van der Waals surface area contributed by atoms with E-state index in [0.29, 0.717) is 19.0 Å². The van der Waals surface area contributed by atoms with Crippen molar-refractivity contribution in [2.24, 2.45) is 4.99 Å². The molecule has 1 unspecified atom stereocenters. The molecule has 1 aliphatic rings. The van der Waals surface area contributed by atoms with Crippen molar-refractivity contribution in [3.8, 4) is 0 Å². The predicted molar refractivity (Wildman–Crippen MR) is 127 cm³/mol. The summed E-state index contributed by atoms with van der Waals surface area (Å²) in [6.45, 7) is 4.36. The monoisotopic (exact) mass is 532 g/mol. The summed E-state index contributed by atoms with van der Waals surface area (Å²) >= 11 is 6.22. The van der Waals surface area contributed by atoms with Gasteiger partial charge in [-0.05, 0) is 35.4 Å². The highest BCUT2D eigenvalue weighted by molar-refractivity contribution is 14.0. The fourth-order valence-electron chi connectivity index (χ4n) is 3.31. The summed E-state index contributed by atoms with van der Waals surface area (Å²) in [6.07, 6.45) is 0. The number of hydrogen-bond acceptors (Lipinski definition) is 3. The molecule has 0 spiro atoms. The van der Waals surface area contributed by atoms with Crippen LogP contribution in [0.3, 0.4) is 0 Å². The van der Waals surface area contributed by atoms with Gasteiger partial charge < -0.3 is 15.4 Å². The molecule has 8 heteroatoms. The number of nitrogens with zero attached hydrogens (tertiary/aromatic N) is 2. The largest absolute Gasteiger partial charge is 0.379 e. The lowest BCUT2D eigenvalue weighted by molar-refractivity contribution is 0.0170. The summed E-state index contributed by atoms with van der Waals surface area (Å²) in [5.74, 6) is 0.431.